The molecule has 0 spiro atoms. The van der Waals surface area contributed by atoms with Gasteiger partial charge in [-0.2, -0.15) is 0 Å². The van der Waals surface area contributed by atoms with Crippen molar-refractivity contribution in [3.8, 4) is 0 Å². The number of likely N-dealkylation sites (N-methyl/N-ethyl adjacent to an activating group) is 1. The predicted octanol–water partition coefficient (Wildman–Crippen LogP) is 3.62. The van der Waals surface area contributed by atoms with E-state index in [-0.39, 0.29) is 0 Å². The van der Waals surface area contributed by atoms with Crippen LogP contribution < -0.4 is 5.32 Å². The van der Waals surface area contributed by atoms with E-state index in [9.17, 15) is 0 Å². The molecule has 96 valence electrons. The molecule has 0 radical (unpaired) electrons. The van der Waals surface area contributed by atoms with Gasteiger partial charge < -0.3 is 10.2 Å². The molecule has 0 fully saturated rings. The fraction of sp³-hybridized carbons (Fsp3) is 0.308. The van der Waals surface area contributed by atoms with Crippen LogP contribution in [0.15, 0.2) is 40.3 Å². The third kappa shape index (κ3) is 3.54. The first-order chi connectivity index (χ1) is 8.66. The summed E-state index contributed by atoms with van der Waals surface area (Å²) < 4.78 is 0.996. The Morgan fingerprint density at radius 1 is 1.39 bits per heavy atom. The number of nitrogens with zero attached hydrogens (tertiary/aromatic N) is 2. The summed E-state index contributed by atoms with van der Waals surface area (Å²) in [6.45, 7) is 0.849. The second-order valence-electron chi connectivity index (χ2n) is 4.24. The van der Waals surface area contributed by atoms with E-state index in [0.717, 1.165) is 16.8 Å². The topological polar surface area (TPSA) is 28.2 Å². The van der Waals surface area contributed by atoms with Crippen LogP contribution in [0.5, 0.6) is 0 Å². The highest BCUT2D eigenvalue weighted by molar-refractivity contribution is 9.10. The minimum absolute atomic E-state index is 0.371. The highest BCUT2D eigenvalue weighted by Crippen LogP contribution is 2.23. The van der Waals surface area contributed by atoms with E-state index in [1.54, 1.807) is 17.5 Å². The number of hydrogen-bond donors (Lipinski definition) is 1. The quantitative estimate of drug-likeness (QED) is 0.910. The first kappa shape index (κ1) is 13.5. The zero-order valence-corrected chi connectivity index (χ0v) is 12.8. The van der Waals surface area contributed by atoms with E-state index in [1.165, 1.54) is 4.88 Å². The fourth-order valence-electron chi connectivity index (χ4n) is 1.70. The molecule has 2 aromatic heterocycles. The molecular formula is C13H16BrN3S. The van der Waals surface area contributed by atoms with Crippen LogP contribution in [-0.4, -0.2) is 30.5 Å². The van der Waals surface area contributed by atoms with E-state index in [1.807, 2.05) is 12.1 Å². The number of thiophene rings is 1. The Kier molecular flexibility index (Phi) is 4.74. The maximum atomic E-state index is 4.32. The number of hydrogen-bond acceptors (Lipinski definition) is 4. The van der Waals surface area contributed by atoms with Crippen molar-refractivity contribution in [3.05, 3.63) is 45.2 Å². The number of aromatic nitrogens is 1. The number of anilines is 1. The lowest BCUT2D eigenvalue weighted by Gasteiger charge is -2.23. The number of rotatable bonds is 5. The maximum Gasteiger partial charge on any atom is 0.126 e. The van der Waals surface area contributed by atoms with Crippen molar-refractivity contribution in [2.45, 2.75) is 6.04 Å². The minimum atomic E-state index is 0.371. The summed E-state index contributed by atoms with van der Waals surface area (Å²) >= 11 is 5.17. The fourth-order valence-corrected chi connectivity index (χ4v) is 2.86. The van der Waals surface area contributed by atoms with Gasteiger partial charge in [0.1, 0.15) is 5.82 Å². The van der Waals surface area contributed by atoms with Crippen molar-refractivity contribution in [2.75, 3.05) is 26.0 Å². The summed E-state index contributed by atoms with van der Waals surface area (Å²) in [5.74, 6) is 0.904. The number of nitrogens with one attached hydrogen (secondary N) is 1. The lowest BCUT2D eigenvalue weighted by molar-refractivity contribution is 0.316. The zero-order valence-electron chi connectivity index (χ0n) is 10.4. The van der Waals surface area contributed by atoms with Crippen LogP contribution >= 0.6 is 27.3 Å². The Morgan fingerprint density at radius 2 is 2.22 bits per heavy atom. The van der Waals surface area contributed by atoms with Gasteiger partial charge in [-0.25, -0.2) is 4.98 Å². The number of halogens is 1. The van der Waals surface area contributed by atoms with Crippen LogP contribution in [0.3, 0.4) is 0 Å². The van der Waals surface area contributed by atoms with Gasteiger partial charge in [-0.1, -0.05) is 6.07 Å². The highest BCUT2D eigenvalue weighted by atomic mass is 79.9. The monoisotopic (exact) mass is 325 g/mol. The molecule has 1 atom stereocenters. The summed E-state index contributed by atoms with van der Waals surface area (Å²) in [7, 11) is 4.20. The SMILES string of the molecule is CN(C)C(CNc1ccc(Br)cn1)c1cccs1. The maximum absolute atomic E-state index is 4.32. The third-order valence-corrected chi connectivity index (χ3v) is 4.14. The van der Waals surface area contributed by atoms with Crippen molar-refractivity contribution in [1.29, 1.82) is 0 Å². The summed E-state index contributed by atoms with van der Waals surface area (Å²) in [6, 6.07) is 8.60. The molecule has 0 aliphatic carbocycles. The number of pyridine rings is 1. The summed E-state index contributed by atoms with van der Waals surface area (Å²) in [6.07, 6.45) is 1.80. The summed E-state index contributed by atoms with van der Waals surface area (Å²) in [5.41, 5.74) is 0. The second-order valence-corrected chi connectivity index (χ2v) is 6.13. The van der Waals surface area contributed by atoms with Crippen LogP contribution in [0.4, 0.5) is 5.82 Å². The molecule has 2 heterocycles. The molecule has 0 aromatic carbocycles. The Labute approximate surface area is 120 Å². The molecule has 0 amide bonds. The van der Waals surface area contributed by atoms with Crippen molar-refractivity contribution in [2.24, 2.45) is 0 Å². The van der Waals surface area contributed by atoms with Crippen molar-refractivity contribution in [1.82, 2.24) is 9.88 Å². The molecule has 3 nitrogen and oxygen atoms in total. The Balaban J connectivity index is 2.00. The highest BCUT2D eigenvalue weighted by Gasteiger charge is 2.14. The Morgan fingerprint density at radius 3 is 2.78 bits per heavy atom. The molecular weight excluding hydrogens is 310 g/mol. The summed E-state index contributed by atoms with van der Waals surface area (Å²) in [5, 5.41) is 5.49. The first-order valence-corrected chi connectivity index (χ1v) is 7.39. The zero-order chi connectivity index (χ0) is 13.0. The normalized spacial score (nSPS) is 12.7. The molecule has 0 saturated heterocycles. The molecule has 2 aromatic rings. The van der Waals surface area contributed by atoms with E-state index >= 15 is 0 Å². The van der Waals surface area contributed by atoms with Gasteiger partial charge in [-0.15, -0.1) is 11.3 Å². The molecule has 0 bridgehead atoms. The van der Waals surface area contributed by atoms with Gasteiger partial charge in [-0.3, -0.25) is 0 Å². The predicted molar refractivity (Wildman–Crippen MR) is 81.2 cm³/mol. The van der Waals surface area contributed by atoms with Gasteiger partial charge in [0, 0.05) is 22.1 Å². The van der Waals surface area contributed by atoms with Crippen LogP contribution in [0, 0.1) is 0 Å². The lowest BCUT2D eigenvalue weighted by atomic mass is 10.2. The largest absolute Gasteiger partial charge is 0.368 e. The van der Waals surface area contributed by atoms with Gasteiger partial charge >= 0.3 is 0 Å². The molecule has 0 saturated carbocycles. The molecule has 2 rings (SSSR count). The van der Waals surface area contributed by atoms with Crippen molar-refractivity contribution >= 4 is 33.1 Å². The van der Waals surface area contributed by atoms with Crippen LogP contribution in [0.1, 0.15) is 10.9 Å². The molecule has 18 heavy (non-hydrogen) atoms. The Hall–Kier alpha value is -0.910. The third-order valence-electron chi connectivity index (χ3n) is 2.70. The molecule has 1 unspecified atom stereocenters. The van der Waals surface area contributed by atoms with Crippen molar-refractivity contribution < 1.29 is 0 Å². The molecule has 0 aliphatic rings. The van der Waals surface area contributed by atoms with Gasteiger partial charge in [0.25, 0.3) is 0 Å². The minimum Gasteiger partial charge on any atom is -0.368 e. The average molecular weight is 326 g/mol. The van der Waals surface area contributed by atoms with Gasteiger partial charge in [0.05, 0.1) is 6.04 Å². The average Bonchev–Trinajstić information content (AvgIpc) is 2.85. The van der Waals surface area contributed by atoms with Crippen LogP contribution in [0.25, 0.3) is 0 Å². The van der Waals surface area contributed by atoms with Crippen LogP contribution in [-0.2, 0) is 0 Å². The molecule has 5 heteroatoms. The second kappa shape index (κ2) is 6.31. The van der Waals surface area contributed by atoms with E-state index in [0.29, 0.717) is 6.04 Å². The van der Waals surface area contributed by atoms with E-state index < -0.39 is 0 Å². The standard InChI is InChI=1S/C13H16BrN3S/c1-17(2)11(12-4-3-7-18-12)9-16-13-6-5-10(14)8-15-13/h3-8,11H,9H2,1-2H3,(H,15,16). The first-order valence-electron chi connectivity index (χ1n) is 5.72. The lowest BCUT2D eigenvalue weighted by Crippen LogP contribution is -2.26. The smallest absolute Gasteiger partial charge is 0.126 e. The van der Waals surface area contributed by atoms with Gasteiger partial charge in [0.15, 0.2) is 0 Å². The van der Waals surface area contributed by atoms with E-state index in [2.05, 4.69) is 62.7 Å². The van der Waals surface area contributed by atoms with E-state index in [4.69, 9.17) is 0 Å². The Bertz CT molecular complexity index is 467. The molecule has 1 N–H and O–H groups in total. The van der Waals surface area contributed by atoms with Gasteiger partial charge in [-0.05, 0) is 53.6 Å². The van der Waals surface area contributed by atoms with Crippen molar-refractivity contribution in [3.63, 3.8) is 0 Å². The summed E-state index contributed by atoms with van der Waals surface area (Å²) in [4.78, 5) is 7.90. The van der Waals surface area contributed by atoms with Crippen LogP contribution in [0.2, 0.25) is 0 Å². The van der Waals surface area contributed by atoms with Gasteiger partial charge in [0.2, 0.25) is 0 Å². The molecule has 0 aliphatic heterocycles.